The van der Waals surface area contributed by atoms with Crippen LogP contribution in [-0.4, -0.2) is 24.8 Å². The van der Waals surface area contributed by atoms with E-state index in [2.05, 4.69) is 42.6 Å². The van der Waals surface area contributed by atoms with E-state index in [0.29, 0.717) is 7.92 Å². The van der Waals surface area contributed by atoms with E-state index in [1.807, 2.05) is 32.1 Å². The summed E-state index contributed by atoms with van der Waals surface area (Å²) in [6.45, 7) is 6.69. The van der Waals surface area contributed by atoms with Gasteiger partial charge in [0.15, 0.2) is 0 Å². The normalized spacial score (nSPS) is 15.4. The fourth-order valence-corrected chi connectivity index (χ4v) is 1.14. The van der Waals surface area contributed by atoms with Gasteiger partial charge >= 0.3 is 113 Å². The van der Waals surface area contributed by atoms with Gasteiger partial charge in [0.05, 0.1) is 0 Å². The summed E-state index contributed by atoms with van der Waals surface area (Å²) in [6, 6.07) is 1.56. The van der Waals surface area contributed by atoms with E-state index in [-0.39, 0.29) is 0 Å². The maximum atomic E-state index is 12.7. The van der Waals surface area contributed by atoms with E-state index in [4.69, 9.17) is 0 Å². The molecule has 1 fully saturated rings. The van der Waals surface area contributed by atoms with Gasteiger partial charge in [-0.3, -0.25) is 0 Å². The minimum atomic E-state index is -10.7. The average Bonchev–Trinajstić information content (AvgIpc) is 3.06. The van der Waals surface area contributed by atoms with Crippen LogP contribution in [0.15, 0.2) is 0 Å². The molecule has 14 heteroatoms. The number of rotatable bonds is 2. The summed E-state index contributed by atoms with van der Waals surface area (Å²) in [5.74, 6) is -7.91. The van der Waals surface area contributed by atoms with Crippen molar-refractivity contribution in [1.82, 2.24) is 0 Å². The summed E-state index contributed by atoms with van der Waals surface area (Å²) in [6.07, 6.45) is 10.0. The molecular formula is C15H15F10OP2Rh-2. The van der Waals surface area contributed by atoms with Gasteiger partial charge in [-0.15, -0.1) is 7.92 Å². The zero-order valence-corrected chi connectivity index (χ0v) is 18.3. The molecule has 0 spiro atoms. The van der Waals surface area contributed by atoms with Crippen molar-refractivity contribution in [1.29, 1.82) is 0 Å². The average molecular weight is 566 g/mol. The van der Waals surface area contributed by atoms with Crippen LogP contribution in [0.5, 0.6) is 5.75 Å². The molecule has 0 heterocycles. The molecule has 1 nitrogen and oxygen atoms in total. The largest absolute Gasteiger partial charge is 0.0312 e. The van der Waals surface area contributed by atoms with E-state index in [0.717, 1.165) is 4.80 Å². The SMILES string of the molecule is CP(C)C.F[P-](F)(F)(F)(F)F.Fc1[c-]c(O[CH]=[Rh])c(F)c(F)c1F.[CH]1[CH][CH][CH][CH]1. The van der Waals surface area contributed by atoms with E-state index >= 15 is 0 Å². The molecule has 1 aromatic carbocycles. The molecule has 172 valence electrons. The first-order chi connectivity index (χ1) is 12.8. The zero-order valence-electron chi connectivity index (χ0n) is 14.9. The molecule has 0 amide bonds. The Kier molecular flexibility index (Phi) is 12.7. The molecule has 29 heavy (non-hydrogen) atoms. The van der Waals surface area contributed by atoms with E-state index < -0.39 is 36.8 Å². The molecule has 0 N–H and O–H groups in total. The van der Waals surface area contributed by atoms with Crippen molar-refractivity contribution in [3.8, 4) is 5.75 Å². The molecular weight excluding hydrogens is 551 g/mol. The van der Waals surface area contributed by atoms with Crippen molar-refractivity contribution in [2.75, 3.05) is 20.0 Å². The van der Waals surface area contributed by atoms with Crippen LogP contribution in [0.3, 0.4) is 0 Å². The molecule has 1 aliphatic carbocycles. The van der Waals surface area contributed by atoms with Gasteiger partial charge < -0.3 is 0 Å². The van der Waals surface area contributed by atoms with Crippen LogP contribution in [0.25, 0.3) is 0 Å². The number of halogens is 10. The molecule has 0 atom stereocenters. The van der Waals surface area contributed by atoms with Crippen molar-refractivity contribution in [3.05, 3.63) is 61.4 Å². The minimum Gasteiger partial charge on any atom is -0.0312 e. The minimum absolute atomic E-state index is 0.380. The van der Waals surface area contributed by atoms with Crippen LogP contribution in [0.2, 0.25) is 0 Å². The molecule has 5 radical (unpaired) electrons. The van der Waals surface area contributed by atoms with Crippen molar-refractivity contribution in [2.24, 2.45) is 0 Å². The third-order valence-corrected chi connectivity index (χ3v) is 1.91. The fourth-order valence-electron chi connectivity index (χ4n) is 0.943. The fraction of sp³-hybridized carbons (Fsp3) is 0.200. The Bertz CT molecular complexity index is 625. The zero-order chi connectivity index (χ0) is 23.5. The van der Waals surface area contributed by atoms with Crippen LogP contribution >= 0.6 is 15.7 Å². The summed E-state index contributed by atoms with van der Waals surface area (Å²) in [7, 11) is -10.3. The molecule has 1 aromatic rings. The van der Waals surface area contributed by atoms with Crippen LogP contribution in [0, 0.1) is 61.4 Å². The smallest absolute Gasteiger partial charge is 0.0312 e. The van der Waals surface area contributed by atoms with Crippen LogP contribution < -0.4 is 4.74 Å². The summed E-state index contributed by atoms with van der Waals surface area (Å²) in [5.41, 5.74) is 0. The molecule has 0 aliphatic heterocycles. The topological polar surface area (TPSA) is 9.23 Å². The van der Waals surface area contributed by atoms with E-state index in [1.54, 1.807) is 6.07 Å². The molecule has 0 aromatic heterocycles. The van der Waals surface area contributed by atoms with Crippen molar-refractivity contribution in [2.45, 2.75) is 0 Å². The first kappa shape index (κ1) is 30.9. The van der Waals surface area contributed by atoms with Gasteiger partial charge in [-0.2, -0.15) is 0 Å². The van der Waals surface area contributed by atoms with Crippen LogP contribution in [0.4, 0.5) is 42.7 Å². The Morgan fingerprint density at radius 3 is 1.38 bits per heavy atom. The molecule has 2 rings (SSSR count). The number of hydrogen-bond acceptors (Lipinski definition) is 1. The number of ether oxygens (including phenoxy) is 1. The Balaban J connectivity index is 0. The molecule has 0 saturated heterocycles. The Morgan fingerprint density at radius 2 is 1.10 bits per heavy atom. The maximum Gasteiger partial charge on any atom is -0.0312 e. The predicted octanol–water partition coefficient (Wildman–Crippen LogP) is 7.49. The Hall–Kier alpha value is -0.327. The molecule has 0 bridgehead atoms. The molecule has 0 unspecified atom stereocenters. The van der Waals surface area contributed by atoms with Gasteiger partial charge in [0.2, 0.25) is 0 Å². The second kappa shape index (κ2) is 11.9. The summed E-state index contributed by atoms with van der Waals surface area (Å²) in [5, 5.41) is 0. The quantitative estimate of drug-likeness (QED) is 0.0901. The van der Waals surface area contributed by atoms with Gasteiger partial charge in [0.25, 0.3) is 0 Å². The first-order valence-corrected chi connectivity index (χ1v) is 12.6. The van der Waals surface area contributed by atoms with Crippen molar-refractivity contribution >= 4 is 20.5 Å². The Labute approximate surface area is 173 Å². The predicted molar refractivity (Wildman–Crippen MR) is 91.6 cm³/mol. The van der Waals surface area contributed by atoms with Gasteiger partial charge in [-0.25, -0.2) is 0 Å². The Morgan fingerprint density at radius 1 is 0.793 bits per heavy atom. The van der Waals surface area contributed by atoms with Crippen LogP contribution in [0.1, 0.15) is 0 Å². The van der Waals surface area contributed by atoms with E-state index in [1.165, 1.54) is 0 Å². The molecule has 1 saturated carbocycles. The van der Waals surface area contributed by atoms with Crippen molar-refractivity contribution in [3.63, 3.8) is 0 Å². The van der Waals surface area contributed by atoms with Gasteiger partial charge in [0, 0.05) is 0 Å². The van der Waals surface area contributed by atoms with E-state index in [9.17, 15) is 42.7 Å². The summed E-state index contributed by atoms with van der Waals surface area (Å²) < 4.78 is 113. The molecule has 1 aliphatic rings. The first-order valence-electron chi connectivity index (χ1n) is 6.91. The number of benzene rings is 1. The van der Waals surface area contributed by atoms with Gasteiger partial charge in [0.1, 0.15) is 0 Å². The monoisotopic (exact) mass is 566 g/mol. The van der Waals surface area contributed by atoms with Crippen molar-refractivity contribution < 1.29 is 65.3 Å². The standard InChI is InChI=1S/C7HF4O.C5H5.C3H9P.F6P.Rh/c1-12-4-2-3(8)5(9)7(11)6(4)10;1-2-4-5-3-1;1-4(2)3;1-7(2,3,4,5)6;/h1H;1-5H;1-3H3;;/q-1;;;-1;. The summed E-state index contributed by atoms with van der Waals surface area (Å²) >= 11 is 2.10. The number of hydrogen-bond donors (Lipinski definition) is 0. The third kappa shape index (κ3) is 23.8. The third-order valence-electron chi connectivity index (χ3n) is 1.71. The summed E-state index contributed by atoms with van der Waals surface area (Å²) in [4.78, 5) is 0.882. The second-order valence-corrected chi connectivity index (χ2v) is 10.2. The second-order valence-electron chi connectivity index (χ2n) is 5.17. The maximum absolute atomic E-state index is 12.7. The van der Waals surface area contributed by atoms with Gasteiger partial charge in [-0.05, 0) is 52.1 Å². The van der Waals surface area contributed by atoms with Gasteiger partial charge in [-0.1, -0.05) is 0 Å². The van der Waals surface area contributed by atoms with Crippen LogP contribution in [-0.2, 0) is 17.9 Å².